The molecule has 16 heavy (non-hydrogen) atoms. The number of pyridine rings is 1. The minimum Gasteiger partial charge on any atom is -0.478 e. The van der Waals surface area contributed by atoms with Crippen LogP contribution in [0, 0.1) is 6.92 Å². The van der Waals surface area contributed by atoms with Crippen molar-refractivity contribution < 1.29 is 9.90 Å². The molecule has 0 saturated carbocycles. The Labute approximate surface area is 95.1 Å². The zero-order chi connectivity index (χ0) is 11.5. The topological polar surface area (TPSA) is 91.8 Å². The average Bonchev–Trinajstić information content (AvgIpc) is 2.69. The molecule has 82 valence electrons. The molecule has 6 nitrogen and oxygen atoms in total. The molecule has 2 rings (SSSR count). The van der Waals surface area contributed by atoms with E-state index in [2.05, 4.69) is 20.2 Å². The number of carboxylic acid groups (broad SMARTS) is 1. The van der Waals surface area contributed by atoms with Crippen molar-refractivity contribution in [1.29, 1.82) is 0 Å². The summed E-state index contributed by atoms with van der Waals surface area (Å²) in [6.07, 6.45) is 1.39. The second-order valence-corrected chi connectivity index (χ2v) is 4.04. The summed E-state index contributed by atoms with van der Waals surface area (Å²) in [6.45, 7) is 1.75. The van der Waals surface area contributed by atoms with Crippen LogP contribution in [0.25, 0.3) is 0 Å². The third-order valence-electron chi connectivity index (χ3n) is 1.77. The minimum absolute atomic E-state index is 0.217. The lowest BCUT2D eigenvalue weighted by Gasteiger charge is -2.01. The number of aromatic carboxylic acids is 1. The van der Waals surface area contributed by atoms with E-state index in [1.54, 1.807) is 6.92 Å². The molecule has 2 aromatic rings. The van der Waals surface area contributed by atoms with Gasteiger partial charge >= 0.3 is 5.97 Å². The van der Waals surface area contributed by atoms with E-state index < -0.39 is 5.97 Å². The van der Waals surface area contributed by atoms with Crippen LogP contribution in [0.1, 0.15) is 16.1 Å². The second-order valence-electron chi connectivity index (χ2n) is 3.03. The smallest absolute Gasteiger partial charge is 0.335 e. The van der Waals surface area contributed by atoms with Crippen molar-refractivity contribution in [3.8, 4) is 0 Å². The molecule has 0 spiro atoms. The van der Waals surface area contributed by atoms with Crippen LogP contribution in [0.3, 0.4) is 0 Å². The molecule has 2 aromatic heterocycles. The van der Waals surface area contributed by atoms with Crippen LogP contribution in [0.2, 0.25) is 0 Å². The van der Waals surface area contributed by atoms with Crippen LogP contribution < -0.4 is 0 Å². The summed E-state index contributed by atoms with van der Waals surface area (Å²) in [5, 5.41) is 16.4. The van der Waals surface area contributed by atoms with Crippen molar-refractivity contribution in [3.63, 3.8) is 0 Å². The highest BCUT2D eigenvalue weighted by molar-refractivity contribution is 7.99. The third-order valence-corrected chi connectivity index (χ3v) is 2.58. The van der Waals surface area contributed by atoms with Gasteiger partial charge in [-0.3, -0.25) is 5.10 Å². The van der Waals surface area contributed by atoms with Crippen molar-refractivity contribution >= 4 is 17.7 Å². The zero-order valence-corrected chi connectivity index (χ0v) is 9.15. The van der Waals surface area contributed by atoms with Gasteiger partial charge in [0.1, 0.15) is 11.4 Å². The van der Waals surface area contributed by atoms with Crippen LogP contribution in [0.4, 0.5) is 0 Å². The highest BCUT2D eigenvalue weighted by Gasteiger charge is 2.08. The summed E-state index contributed by atoms with van der Waals surface area (Å²) in [5.41, 5.74) is 0.872. The minimum atomic E-state index is -0.968. The van der Waals surface area contributed by atoms with E-state index in [-0.39, 0.29) is 5.56 Å². The molecule has 0 unspecified atom stereocenters. The molecule has 2 heterocycles. The van der Waals surface area contributed by atoms with E-state index in [9.17, 15) is 4.79 Å². The first kappa shape index (κ1) is 10.6. The van der Waals surface area contributed by atoms with Gasteiger partial charge in [0.25, 0.3) is 0 Å². The third kappa shape index (κ3) is 2.37. The first-order valence-electron chi connectivity index (χ1n) is 4.40. The van der Waals surface area contributed by atoms with Gasteiger partial charge in [0, 0.05) is 5.69 Å². The van der Waals surface area contributed by atoms with E-state index in [4.69, 9.17) is 5.11 Å². The maximum absolute atomic E-state index is 10.8. The number of aryl methyl sites for hydroxylation is 1. The van der Waals surface area contributed by atoms with Crippen LogP contribution in [0.5, 0.6) is 0 Å². The number of hydrogen-bond donors (Lipinski definition) is 2. The zero-order valence-electron chi connectivity index (χ0n) is 8.34. The van der Waals surface area contributed by atoms with Crippen LogP contribution in [0.15, 0.2) is 28.6 Å². The fraction of sp³-hybridized carbons (Fsp3) is 0.111. The summed E-state index contributed by atoms with van der Waals surface area (Å²) in [6, 6.07) is 3.02. The molecule has 0 aliphatic carbocycles. The van der Waals surface area contributed by atoms with Gasteiger partial charge in [-0.15, -0.1) is 0 Å². The average molecular weight is 236 g/mol. The van der Waals surface area contributed by atoms with Gasteiger partial charge in [-0.2, -0.15) is 5.10 Å². The van der Waals surface area contributed by atoms with Crippen molar-refractivity contribution in [1.82, 2.24) is 20.2 Å². The van der Waals surface area contributed by atoms with Gasteiger partial charge in [-0.05, 0) is 30.8 Å². The highest BCUT2D eigenvalue weighted by atomic mass is 32.2. The number of nitrogens with zero attached hydrogens (tertiary/aromatic N) is 3. The number of aromatic amines is 1. The van der Waals surface area contributed by atoms with E-state index in [0.29, 0.717) is 15.9 Å². The van der Waals surface area contributed by atoms with Gasteiger partial charge < -0.3 is 5.11 Å². The molecule has 0 bridgehead atoms. The predicted molar refractivity (Wildman–Crippen MR) is 56.4 cm³/mol. The van der Waals surface area contributed by atoms with E-state index in [1.807, 2.05) is 0 Å². The molecule has 2 N–H and O–H groups in total. The molecule has 0 aromatic carbocycles. The van der Waals surface area contributed by atoms with Gasteiger partial charge in [0.15, 0.2) is 5.16 Å². The lowest BCUT2D eigenvalue weighted by molar-refractivity contribution is 0.0696. The molecule has 0 amide bonds. The summed E-state index contributed by atoms with van der Waals surface area (Å²) in [5.74, 6) is -0.968. The fourth-order valence-electron chi connectivity index (χ4n) is 1.16. The lowest BCUT2D eigenvalue weighted by Crippen LogP contribution is -1.99. The van der Waals surface area contributed by atoms with Crippen molar-refractivity contribution in [2.75, 3.05) is 0 Å². The predicted octanol–water partition coefficient (Wildman–Crippen LogP) is 1.36. The normalized spacial score (nSPS) is 10.3. The Hall–Kier alpha value is -1.89. The van der Waals surface area contributed by atoms with Crippen molar-refractivity contribution in [3.05, 3.63) is 29.7 Å². The van der Waals surface area contributed by atoms with Crippen LogP contribution in [-0.2, 0) is 0 Å². The monoisotopic (exact) mass is 236 g/mol. The molecule has 7 heteroatoms. The summed E-state index contributed by atoms with van der Waals surface area (Å²) < 4.78 is 0. The number of aromatic nitrogens is 4. The number of carboxylic acids is 1. The maximum Gasteiger partial charge on any atom is 0.335 e. The summed E-state index contributed by atoms with van der Waals surface area (Å²) >= 11 is 1.24. The first-order chi connectivity index (χ1) is 7.65. The Morgan fingerprint density at radius 2 is 2.31 bits per heavy atom. The quantitative estimate of drug-likeness (QED) is 0.835. The standard InChI is InChI=1S/C9H8N4O2S/c1-5-2-6(8(14)15)3-7(12-5)16-9-10-4-11-13-9/h2-4H,1H3,(H,14,15)(H,10,11,13). The molecule has 0 radical (unpaired) electrons. The molecule has 0 fully saturated rings. The van der Waals surface area contributed by atoms with Gasteiger partial charge in [0.05, 0.1) is 5.56 Å². The Bertz CT molecular complexity index is 512. The van der Waals surface area contributed by atoms with Gasteiger partial charge in [-0.25, -0.2) is 14.8 Å². The SMILES string of the molecule is Cc1cc(C(=O)O)cc(Sc2ncn[nH]2)n1. The number of carbonyl (C=O) groups is 1. The molecular weight excluding hydrogens is 228 g/mol. The second kappa shape index (κ2) is 4.31. The molecule has 0 aliphatic heterocycles. The molecule has 0 atom stereocenters. The Balaban J connectivity index is 2.31. The number of nitrogens with one attached hydrogen (secondary N) is 1. The summed E-state index contributed by atoms with van der Waals surface area (Å²) in [7, 11) is 0. The molecular formula is C9H8N4O2S. The molecule has 0 aliphatic rings. The Morgan fingerprint density at radius 3 is 2.94 bits per heavy atom. The number of hydrogen-bond acceptors (Lipinski definition) is 5. The number of rotatable bonds is 3. The first-order valence-corrected chi connectivity index (χ1v) is 5.22. The summed E-state index contributed by atoms with van der Waals surface area (Å²) in [4.78, 5) is 19.0. The Kier molecular flexibility index (Phi) is 2.86. The van der Waals surface area contributed by atoms with E-state index in [1.165, 1.54) is 30.2 Å². The van der Waals surface area contributed by atoms with Crippen LogP contribution >= 0.6 is 11.8 Å². The van der Waals surface area contributed by atoms with Crippen LogP contribution in [-0.4, -0.2) is 31.2 Å². The number of H-pyrrole nitrogens is 1. The van der Waals surface area contributed by atoms with E-state index >= 15 is 0 Å². The van der Waals surface area contributed by atoms with E-state index in [0.717, 1.165) is 0 Å². The Morgan fingerprint density at radius 1 is 1.50 bits per heavy atom. The lowest BCUT2D eigenvalue weighted by atomic mass is 10.2. The maximum atomic E-state index is 10.8. The van der Waals surface area contributed by atoms with Gasteiger partial charge in [0.2, 0.25) is 0 Å². The largest absolute Gasteiger partial charge is 0.478 e. The fourth-order valence-corrected chi connectivity index (χ4v) is 1.93. The highest BCUT2D eigenvalue weighted by Crippen LogP contribution is 2.23. The van der Waals surface area contributed by atoms with Gasteiger partial charge in [-0.1, -0.05) is 0 Å². The van der Waals surface area contributed by atoms with Crippen molar-refractivity contribution in [2.45, 2.75) is 17.1 Å². The molecule has 0 saturated heterocycles. The van der Waals surface area contributed by atoms with Crippen molar-refractivity contribution in [2.24, 2.45) is 0 Å².